The van der Waals surface area contributed by atoms with Crippen molar-refractivity contribution in [3.8, 4) is 0 Å². The molecule has 18 heavy (non-hydrogen) atoms. The minimum Gasteiger partial charge on any atom is -0.370 e. The Balaban J connectivity index is 0.00000289. The lowest BCUT2D eigenvalue weighted by Gasteiger charge is -2.02. The number of rotatable bonds is 6. The van der Waals surface area contributed by atoms with E-state index in [1.807, 2.05) is 6.07 Å². The summed E-state index contributed by atoms with van der Waals surface area (Å²) >= 11 is 0. The molecule has 5 heteroatoms. The van der Waals surface area contributed by atoms with E-state index in [0.29, 0.717) is 19.0 Å². The molecule has 1 aromatic rings. The van der Waals surface area contributed by atoms with Crippen molar-refractivity contribution in [2.24, 2.45) is 10.7 Å². The summed E-state index contributed by atoms with van der Waals surface area (Å²) in [6.45, 7) is 4.81. The van der Waals surface area contributed by atoms with Crippen LogP contribution in [0.2, 0.25) is 0 Å². The summed E-state index contributed by atoms with van der Waals surface area (Å²) in [7, 11) is 0. The first-order chi connectivity index (χ1) is 8.22. The molecule has 0 amide bonds. The van der Waals surface area contributed by atoms with Gasteiger partial charge in [-0.2, -0.15) is 0 Å². The van der Waals surface area contributed by atoms with Crippen LogP contribution in [0.25, 0.3) is 0 Å². The Labute approximate surface area is 124 Å². The highest BCUT2D eigenvalue weighted by Gasteiger charge is 1.95. The lowest BCUT2D eigenvalue weighted by Crippen LogP contribution is -2.31. The van der Waals surface area contributed by atoms with Crippen molar-refractivity contribution < 1.29 is 4.39 Å². The average molecular weight is 363 g/mol. The van der Waals surface area contributed by atoms with Gasteiger partial charge in [0.05, 0.1) is 0 Å². The summed E-state index contributed by atoms with van der Waals surface area (Å²) in [6.07, 6.45) is 3.37. The maximum atomic E-state index is 12.9. The molecular weight excluding hydrogens is 344 g/mol. The van der Waals surface area contributed by atoms with Crippen LogP contribution in [0.5, 0.6) is 0 Å². The van der Waals surface area contributed by atoms with Crippen LogP contribution in [0.1, 0.15) is 12.0 Å². The van der Waals surface area contributed by atoms with Gasteiger partial charge in [0.1, 0.15) is 5.82 Å². The highest BCUT2D eigenvalue weighted by Crippen LogP contribution is 2.05. The molecule has 0 saturated heterocycles. The summed E-state index contributed by atoms with van der Waals surface area (Å²) in [6, 6.07) is 6.61. The van der Waals surface area contributed by atoms with Crippen molar-refractivity contribution in [2.45, 2.75) is 12.8 Å². The molecule has 1 aromatic carbocycles. The van der Waals surface area contributed by atoms with Gasteiger partial charge in [0.15, 0.2) is 5.96 Å². The van der Waals surface area contributed by atoms with E-state index in [9.17, 15) is 4.39 Å². The topological polar surface area (TPSA) is 50.4 Å². The van der Waals surface area contributed by atoms with E-state index in [1.165, 1.54) is 6.07 Å². The Morgan fingerprint density at radius 3 is 2.94 bits per heavy atom. The highest BCUT2D eigenvalue weighted by atomic mass is 127. The zero-order valence-corrected chi connectivity index (χ0v) is 12.6. The quantitative estimate of drug-likeness (QED) is 0.268. The molecule has 0 aliphatic heterocycles. The number of halogens is 2. The maximum Gasteiger partial charge on any atom is 0.188 e. The standard InChI is InChI=1S/C13H18FN3.HI/c1-2-8-16-13(15)17-9-4-6-11-5-3-7-12(14)10-11;/h2-3,5,7,10H,1,4,6,8-9H2,(H3,15,16,17);1H. The number of guanidine groups is 1. The number of nitrogens with zero attached hydrogens (tertiary/aromatic N) is 1. The predicted octanol–water partition coefficient (Wildman–Crippen LogP) is 2.47. The van der Waals surface area contributed by atoms with Crippen LogP contribution in [0.15, 0.2) is 41.9 Å². The van der Waals surface area contributed by atoms with Gasteiger partial charge in [0.25, 0.3) is 0 Å². The fourth-order valence-electron chi connectivity index (χ4n) is 1.41. The number of nitrogens with two attached hydrogens (primary N) is 1. The first kappa shape index (κ1) is 16.9. The molecule has 100 valence electrons. The van der Waals surface area contributed by atoms with Gasteiger partial charge in [-0.3, -0.25) is 4.99 Å². The van der Waals surface area contributed by atoms with Crippen molar-refractivity contribution in [3.63, 3.8) is 0 Å². The van der Waals surface area contributed by atoms with E-state index in [4.69, 9.17) is 5.73 Å². The fraction of sp³-hybridized carbons (Fsp3) is 0.308. The number of hydrogen-bond acceptors (Lipinski definition) is 1. The first-order valence-electron chi connectivity index (χ1n) is 5.61. The third kappa shape index (κ3) is 7.26. The van der Waals surface area contributed by atoms with E-state index in [1.54, 1.807) is 18.2 Å². The van der Waals surface area contributed by atoms with Gasteiger partial charge in [-0.05, 0) is 30.5 Å². The largest absolute Gasteiger partial charge is 0.370 e. The van der Waals surface area contributed by atoms with Crippen molar-refractivity contribution in [1.29, 1.82) is 0 Å². The van der Waals surface area contributed by atoms with Crippen molar-refractivity contribution in [1.82, 2.24) is 5.32 Å². The molecule has 0 saturated carbocycles. The molecule has 0 unspecified atom stereocenters. The molecule has 0 bridgehead atoms. The van der Waals surface area contributed by atoms with Crippen LogP contribution >= 0.6 is 24.0 Å². The smallest absolute Gasteiger partial charge is 0.188 e. The molecule has 0 aliphatic carbocycles. The zero-order chi connectivity index (χ0) is 12.5. The number of benzene rings is 1. The van der Waals surface area contributed by atoms with Crippen LogP contribution in [0, 0.1) is 5.82 Å². The molecule has 0 atom stereocenters. The summed E-state index contributed by atoms with van der Waals surface area (Å²) in [5, 5.41) is 2.89. The minimum absolute atomic E-state index is 0. The number of nitrogens with one attached hydrogen (secondary N) is 1. The molecule has 0 fully saturated rings. The van der Waals surface area contributed by atoms with E-state index >= 15 is 0 Å². The van der Waals surface area contributed by atoms with Gasteiger partial charge in [0.2, 0.25) is 0 Å². The maximum absolute atomic E-state index is 12.9. The second-order valence-electron chi connectivity index (χ2n) is 3.67. The summed E-state index contributed by atoms with van der Waals surface area (Å²) in [4.78, 5) is 4.14. The van der Waals surface area contributed by atoms with Crippen LogP contribution in [-0.4, -0.2) is 19.0 Å². The monoisotopic (exact) mass is 363 g/mol. The molecule has 0 heterocycles. The van der Waals surface area contributed by atoms with E-state index in [0.717, 1.165) is 18.4 Å². The van der Waals surface area contributed by atoms with Crippen LogP contribution in [0.4, 0.5) is 4.39 Å². The van der Waals surface area contributed by atoms with Crippen molar-refractivity contribution in [3.05, 3.63) is 48.3 Å². The Bertz CT molecular complexity index is 394. The van der Waals surface area contributed by atoms with Gasteiger partial charge < -0.3 is 11.1 Å². The van der Waals surface area contributed by atoms with Gasteiger partial charge >= 0.3 is 0 Å². The van der Waals surface area contributed by atoms with Crippen LogP contribution in [-0.2, 0) is 6.42 Å². The number of hydrogen-bond donors (Lipinski definition) is 2. The molecule has 0 aliphatic rings. The lowest BCUT2D eigenvalue weighted by atomic mass is 10.1. The second-order valence-corrected chi connectivity index (χ2v) is 3.67. The highest BCUT2D eigenvalue weighted by molar-refractivity contribution is 14.0. The van der Waals surface area contributed by atoms with Gasteiger partial charge in [0, 0.05) is 13.1 Å². The normalized spacial score (nSPS) is 10.6. The van der Waals surface area contributed by atoms with Crippen molar-refractivity contribution in [2.75, 3.05) is 13.1 Å². The first-order valence-corrected chi connectivity index (χ1v) is 5.61. The second kappa shape index (κ2) is 9.87. The third-order valence-electron chi connectivity index (χ3n) is 2.22. The third-order valence-corrected chi connectivity index (χ3v) is 2.22. The van der Waals surface area contributed by atoms with Gasteiger partial charge in [-0.1, -0.05) is 18.2 Å². The van der Waals surface area contributed by atoms with E-state index < -0.39 is 0 Å². The number of aliphatic imine (C=N–C) groups is 1. The van der Waals surface area contributed by atoms with Crippen LogP contribution in [0.3, 0.4) is 0 Å². The molecule has 1 rings (SSSR count). The lowest BCUT2D eigenvalue weighted by molar-refractivity contribution is 0.624. The van der Waals surface area contributed by atoms with Gasteiger partial charge in [-0.15, -0.1) is 30.6 Å². The average Bonchev–Trinajstić information content (AvgIpc) is 2.32. The Hall–Kier alpha value is -1.11. The Kier molecular flexibility index (Phi) is 9.26. The summed E-state index contributed by atoms with van der Waals surface area (Å²) in [5.41, 5.74) is 6.58. The Morgan fingerprint density at radius 1 is 1.50 bits per heavy atom. The molecule has 3 N–H and O–H groups in total. The fourth-order valence-corrected chi connectivity index (χ4v) is 1.41. The number of aryl methyl sites for hydroxylation is 1. The molecule has 3 nitrogen and oxygen atoms in total. The van der Waals surface area contributed by atoms with Gasteiger partial charge in [-0.25, -0.2) is 4.39 Å². The molecule has 0 spiro atoms. The van der Waals surface area contributed by atoms with Crippen LogP contribution < -0.4 is 11.1 Å². The SMILES string of the molecule is C=CCNC(N)=NCCCc1cccc(F)c1.I. The molecule has 0 radical (unpaired) electrons. The minimum atomic E-state index is -0.196. The summed E-state index contributed by atoms with van der Waals surface area (Å²) < 4.78 is 12.9. The van der Waals surface area contributed by atoms with Crippen molar-refractivity contribution >= 4 is 29.9 Å². The predicted molar refractivity (Wildman–Crippen MR) is 84.8 cm³/mol. The summed E-state index contributed by atoms with van der Waals surface area (Å²) in [5.74, 6) is 0.224. The van der Waals surface area contributed by atoms with E-state index in [-0.39, 0.29) is 29.8 Å². The van der Waals surface area contributed by atoms with E-state index in [2.05, 4.69) is 16.9 Å². The molecular formula is C13H19FIN3. The molecule has 0 aromatic heterocycles. The zero-order valence-electron chi connectivity index (χ0n) is 10.2. The Morgan fingerprint density at radius 2 is 2.28 bits per heavy atom.